The number of thioether (sulfide) groups is 1. The Hall–Kier alpha value is -1.60. The summed E-state index contributed by atoms with van der Waals surface area (Å²) in [4.78, 5) is 16.7. The Balaban J connectivity index is 1.65. The fourth-order valence-electron chi connectivity index (χ4n) is 2.92. The number of aryl methyl sites for hydroxylation is 2. The van der Waals surface area contributed by atoms with Crippen LogP contribution in [-0.2, 0) is 14.6 Å². The fourth-order valence-corrected chi connectivity index (χ4v) is 5.37. The topological polar surface area (TPSA) is 76.1 Å². The summed E-state index contributed by atoms with van der Waals surface area (Å²) in [7, 11) is -2.98. The van der Waals surface area contributed by atoms with Gasteiger partial charge in [-0.15, -0.1) is 0 Å². The molecule has 1 saturated heterocycles. The molecule has 7 heteroatoms. The van der Waals surface area contributed by atoms with Crippen LogP contribution < -0.4 is 5.32 Å². The van der Waals surface area contributed by atoms with Crippen molar-refractivity contribution in [1.29, 1.82) is 0 Å². The molecule has 0 unspecified atom stereocenters. The molecule has 1 aromatic carbocycles. The van der Waals surface area contributed by atoms with Crippen LogP contribution in [0.1, 0.15) is 17.5 Å². The zero-order chi connectivity index (χ0) is 17.3. The highest BCUT2D eigenvalue weighted by atomic mass is 32.2. The maximum Gasteiger partial charge on any atom is 0.230 e. The first-order chi connectivity index (χ1) is 11.3. The molecule has 5 nitrogen and oxygen atoms in total. The zero-order valence-electron chi connectivity index (χ0n) is 13.7. The Morgan fingerprint density at radius 2 is 2.12 bits per heavy atom. The summed E-state index contributed by atoms with van der Waals surface area (Å²) in [5.41, 5.74) is 3.20. The molecule has 24 heavy (non-hydrogen) atoms. The fraction of sp³-hybridized carbons (Fsp3) is 0.412. The molecule has 1 amide bonds. The lowest BCUT2D eigenvalue weighted by molar-refractivity contribution is -0.119. The van der Waals surface area contributed by atoms with Gasteiger partial charge in [0.25, 0.3) is 0 Å². The van der Waals surface area contributed by atoms with E-state index in [0.29, 0.717) is 6.42 Å². The van der Waals surface area contributed by atoms with E-state index in [1.165, 1.54) is 11.8 Å². The Bertz CT molecular complexity index is 894. The second kappa shape index (κ2) is 6.72. The number of aromatic nitrogens is 1. The van der Waals surface area contributed by atoms with E-state index in [0.717, 1.165) is 27.1 Å². The smallest absolute Gasteiger partial charge is 0.230 e. The van der Waals surface area contributed by atoms with Crippen LogP contribution in [0.2, 0.25) is 0 Å². The van der Waals surface area contributed by atoms with E-state index in [9.17, 15) is 13.2 Å². The van der Waals surface area contributed by atoms with Crippen LogP contribution in [0.4, 0.5) is 0 Å². The van der Waals surface area contributed by atoms with Gasteiger partial charge in [-0.05, 0) is 37.5 Å². The number of carbonyl (C=O) groups excluding carboxylic acids is 1. The normalized spacial score (nSPS) is 19.5. The van der Waals surface area contributed by atoms with Gasteiger partial charge in [-0.25, -0.2) is 13.4 Å². The minimum Gasteiger partial charge on any atom is -0.352 e. The number of benzene rings is 1. The molecular formula is C17H20N2O3S2. The third-order valence-electron chi connectivity index (χ3n) is 4.17. The Kier molecular flexibility index (Phi) is 4.83. The van der Waals surface area contributed by atoms with Crippen LogP contribution in [0, 0.1) is 13.8 Å². The molecule has 2 heterocycles. The second-order valence-corrected chi connectivity index (χ2v) is 9.43. The molecule has 0 bridgehead atoms. The van der Waals surface area contributed by atoms with Gasteiger partial charge in [-0.3, -0.25) is 4.79 Å². The molecule has 3 rings (SSSR count). The summed E-state index contributed by atoms with van der Waals surface area (Å²) in [5.74, 6) is 0.304. The number of amides is 1. The third-order valence-corrected chi connectivity index (χ3v) is 6.85. The highest BCUT2D eigenvalue weighted by molar-refractivity contribution is 7.99. The number of fused-ring (bicyclic) bond motifs is 1. The SMILES string of the molecule is Cc1cc(SCC(=O)N[C@H]2CCS(=O)(=O)C2)nc2c(C)cccc12. The van der Waals surface area contributed by atoms with Crippen molar-refractivity contribution in [2.45, 2.75) is 31.3 Å². The zero-order valence-corrected chi connectivity index (χ0v) is 15.3. The summed E-state index contributed by atoms with van der Waals surface area (Å²) in [6.45, 7) is 4.06. The van der Waals surface area contributed by atoms with Gasteiger partial charge >= 0.3 is 0 Å². The lowest BCUT2D eigenvalue weighted by atomic mass is 10.1. The van der Waals surface area contributed by atoms with E-state index in [2.05, 4.69) is 10.3 Å². The standard InChI is InChI=1S/C17H20N2O3S2/c1-11-4-3-5-14-12(2)8-16(19-17(11)14)23-9-15(20)18-13-6-7-24(21,22)10-13/h3-5,8,13H,6-7,9-10H2,1-2H3,(H,18,20)/t13-/m0/s1. The predicted octanol–water partition coefficient (Wildman–Crippen LogP) is 2.25. The number of hydrogen-bond acceptors (Lipinski definition) is 5. The minimum atomic E-state index is -2.98. The van der Waals surface area contributed by atoms with Gasteiger partial charge in [0, 0.05) is 11.4 Å². The molecule has 1 N–H and O–H groups in total. The highest BCUT2D eigenvalue weighted by Crippen LogP contribution is 2.25. The van der Waals surface area contributed by atoms with Crippen LogP contribution in [0.5, 0.6) is 0 Å². The van der Waals surface area contributed by atoms with Gasteiger partial charge in [0.15, 0.2) is 9.84 Å². The van der Waals surface area contributed by atoms with Crippen molar-refractivity contribution in [2.75, 3.05) is 17.3 Å². The summed E-state index contributed by atoms with van der Waals surface area (Å²) >= 11 is 1.38. The van der Waals surface area contributed by atoms with Crippen molar-refractivity contribution in [2.24, 2.45) is 0 Å². The minimum absolute atomic E-state index is 0.0515. The number of rotatable bonds is 4. The molecular weight excluding hydrogens is 344 g/mol. The largest absolute Gasteiger partial charge is 0.352 e. The molecule has 2 aromatic rings. The molecule has 0 aliphatic carbocycles. The summed E-state index contributed by atoms with van der Waals surface area (Å²) in [5, 5.41) is 4.73. The molecule has 0 radical (unpaired) electrons. The first-order valence-corrected chi connectivity index (χ1v) is 10.6. The Labute approximate surface area is 146 Å². The lowest BCUT2D eigenvalue weighted by Gasteiger charge is -2.11. The Morgan fingerprint density at radius 3 is 2.83 bits per heavy atom. The number of carbonyl (C=O) groups is 1. The van der Waals surface area contributed by atoms with Gasteiger partial charge in [-0.2, -0.15) is 0 Å². The van der Waals surface area contributed by atoms with Crippen LogP contribution >= 0.6 is 11.8 Å². The number of hydrogen-bond donors (Lipinski definition) is 1. The first kappa shape index (κ1) is 17.2. The van der Waals surface area contributed by atoms with Crippen molar-refractivity contribution >= 4 is 38.4 Å². The number of para-hydroxylation sites is 1. The number of nitrogens with one attached hydrogen (secondary N) is 1. The molecule has 0 spiro atoms. The van der Waals surface area contributed by atoms with E-state index >= 15 is 0 Å². The lowest BCUT2D eigenvalue weighted by Crippen LogP contribution is -2.36. The van der Waals surface area contributed by atoms with E-state index in [1.54, 1.807) is 0 Å². The maximum atomic E-state index is 12.0. The van der Waals surface area contributed by atoms with Gasteiger partial charge in [0.1, 0.15) is 0 Å². The van der Waals surface area contributed by atoms with Crippen LogP contribution in [0.3, 0.4) is 0 Å². The average Bonchev–Trinajstić information content (AvgIpc) is 2.85. The summed E-state index contributed by atoms with van der Waals surface area (Å²) in [6.07, 6.45) is 0.505. The van der Waals surface area contributed by atoms with E-state index < -0.39 is 9.84 Å². The molecule has 1 aliphatic rings. The number of sulfone groups is 1. The van der Waals surface area contributed by atoms with Crippen molar-refractivity contribution in [3.05, 3.63) is 35.4 Å². The van der Waals surface area contributed by atoms with Crippen LogP contribution in [-0.4, -0.2) is 42.6 Å². The predicted molar refractivity (Wildman–Crippen MR) is 97.1 cm³/mol. The van der Waals surface area contributed by atoms with E-state index in [1.807, 2.05) is 38.1 Å². The van der Waals surface area contributed by atoms with Gasteiger partial charge < -0.3 is 5.32 Å². The average molecular weight is 364 g/mol. The Morgan fingerprint density at radius 1 is 1.33 bits per heavy atom. The molecule has 1 atom stereocenters. The highest BCUT2D eigenvalue weighted by Gasteiger charge is 2.28. The van der Waals surface area contributed by atoms with Crippen LogP contribution in [0.15, 0.2) is 29.3 Å². The summed E-state index contributed by atoms with van der Waals surface area (Å²) in [6, 6.07) is 7.82. The second-order valence-electron chi connectivity index (χ2n) is 6.20. The van der Waals surface area contributed by atoms with Crippen LogP contribution in [0.25, 0.3) is 10.9 Å². The van der Waals surface area contributed by atoms with Gasteiger partial charge in [0.05, 0.1) is 27.8 Å². The maximum absolute atomic E-state index is 12.0. The van der Waals surface area contributed by atoms with Crippen molar-refractivity contribution < 1.29 is 13.2 Å². The third kappa shape index (κ3) is 3.89. The molecule has 1 aromatic heterocycles. The molecule has 0 saturated carbocycles. The number of pyridine rings is 1. The number of nitrogens with zero attached hydrogens (tertiary/aromatic N) is 1. The van der Waals surface area contributed by atoms with Crippen molar-refractivity contribution in [3.63, 3.8) is 0 Å². The van der Waals surface area contributed by atoms with Gasteiger partial charge in [-0.1, -0.05) is 30.0 Å². The monoisotopic (exact) mass is 364 g/mol. The van der Waals surface area contributed by atoms with Crippen molar-refractivity contribution in [3.8, 4) is 0 Å². The quantitative estimate of drug-likeness (QED) is 0.842. The first-order valence-electron chi connectivity index (χ1n) is 7.83. The molecule has 128 valence electrons. The summed E-state index contributed by atoms with van der Waals surface area (Å²) < 4.78 is 22.9. The van der Waals surface area contributed by atoms with Gasteiger partial charge in [0.2, 0.25) is 5.91 Å². The molecule has 1 fully saturated rings. The van der Waals surface area contributed by atoms with Crippen molar-refractivity contribution in [1.82, 2.24) is 10.3 Å². The van der Waals surface area contributed by atoms with E-state index in [-0.39, 0.29) is 29.2 Å². The molecule has 1 aliphatic heterocycles. The van der Waals surface area contributed by atoms with E-state index in [4.69, 9.17) is 0 Å².